The molecule has 0 radical (unpaired) electrons. The van der Waals surface area contributed by atoms with Crippen LogP contribution < -0.4 is 9.62 Å². The van der Waals surface area contributed by atoms with E-state index in [4.69, 9.17) is 23.2 Å². The maximum atomic E-state index is 13.8. The van der Waals surface area contributed by atoms with Crippen LogP contribution in [-0.4, -0.2) is 50.0 Å². The number of sulfonamides is 1. The number of carbonyl (C=O) groups is 2. The summed E-state index contributed by atoms with van der Waals surface area (Å²) >= 11 is 16.2. The molecule has 2 unspecified atom stereocenters. The van der Waals surface area contributed by atoms with E-state index in [1.165, 1.54) is 4.90 Å². The molecule has 11 heteroatoms. The lowest BCUT2D eigenvalue weighted by molar-refractivity contribution is -0.140. The van der Waals surface area contributed by atoms with Crippen molar-refractivity contribution in [2.75, 3.05) is 17.1 Å². The number of amides is 2. The Balaban J connectivity index is 2.52. The topological polar surface area (TPSA) is 86.8 Å². The predicted molar refractivity (Wildman–Crippen MR) is 150 cm³/mol. The second-order valence-electron chi connectivity index (χ2n) is 8.67. The summed E-state index contributed by atoms with van der Waals surface area (Å²) in [6, 6.07) is 9.07. The first-order valence-corrected chi connectivity index (χ1v) is 15.0. The molecule has 2 atom stereocenters. The van der Waals surface area contributed by atoms with Crippen molar-refractivity contribution in [2.45, 2.75) is 59.2 Å². The van der Waals surface area contributed by atoms with E-state index < -0.39 is 28.5 Å². The molecule has 0 aliphatic rings. The number of hydrogen-bond acceptors (Lipinski definition) is 4. The zero-order valence-electron chi connectivity index (χ0n) is 21.0. The molecule has 2 amide bonds. The van der Waals surface area contributed by atoms with Crippen LogP contribution in [-0.2, 0) is 26.2 Å². The van der Waals surface area contributed by atoms with E-state index in [0.29, 0.717) is 27.7 Å². The Morgan fingerprint density at radius 1 is 1.08 bits per heavy atom. The van der Waals surface area contributed by atoms with Gasteiger partial charge in [0.15, 0.2) is 0 Å². The molecule has 2 rings (SSSR count). The van der Waals surface area contributed by atoms with Gasteiger partial charge in [0.25, 0.3) is 0 Å². The van der Waals surface area contributed by atoms with Gasteiger partial charge in [-0.1, -0.05) is 59.0 Å². The minimum Gasteiger partial charge on any atom is -0.352 e. The van der Waals surface area contributed by atoms with Crippen LogP contribution in [0.15, 0.2) is 40.9 Å². The summed E-state index contributed by atoms with van der Waals surface area (Å²) in [4.78, 5) is 28.3. The Labute approximate surface area is 232 Å². The quantitative estimate of drug-likeness (QED) is 0.357. The van der Waals surface area contributed by atoms with Crippen molar-refractivity contribution in [2.24, 2.45) is 0 Å². The van der Waals surface area contributed by atoms with Gasteiger partial charge in [0.05, 0.1) is 11.9 Å². The smallest absolute Gasteiger partial charge is 0.244 e. The summed E-state index contributed by atoms with van der Waals surface area (Å²) in [7, 11) is -3.82. The van der Waals surface area contributed by atoms with Gasteiger partial charge < -0.3 is 10.2 Å². The Morgan fingerprint density at radius 2 is 1.69 bits per heavy atom. The monoisotopic (exact) mass is 619 g/mol. The average molecular weight is 621 g/mol. The summed E-state index contributed by atoms with van der Waals surface area (Å²) < 4.78 is 27.3. The van der Waals surface area contributed by atoms with Crippen molar-refractivity contribution in [3.05, 3.63) is 62.0 Å². The van der Waals surface area contributed by atoms with E-state index in [0.717, 1.165) is 27.0 Å². The maximum Gasteiger partial charge on any atom is 0.244 e. The molecule has 0 aromatic heterocycles. The zero-order chi connectivity index (χ0) is 27.2. The number of carbonyl (C=O) groups excluding carboxylic acids is 2. The van der Waals surface area contributed by atoms with Gasteiger partial charge >= 0.3 is 0 Å². The van der Waals surface area contributed by atoms with Gasteiger partial charge in [-0.05, 0) is 62.6 Å². The van der Waals surface area contributed by atoms with Crippen molar-refractivity contribution >= 4 is 66.7 Å². The molecule has 198 valence electrons. The molecular weight excluding hydrogens is 589 g/mol. The highest BCUT2D eigenvalue weighted by atomic mass is 79.9. The lowest BCUT2D eigenvalue weighted by atomic mass is 10.1. The second kappa shape index (κ2) is 13.1. The summed E-state index contributed by atoms with van der Waals surface area (Å²) in [6.45, 7) is 6.90. The molecule has 0 spiro atoms. The number of aryl methyl sites for hydroxylation is 1. The number of benzene rings is 2. The summed E-state index contributed by atoms with van der Waals surface area (Å²) in [5.41, 5.74) is 1.64. The van der Waals surface area contributed by atoms with Crippen molar-refractivity contribution < 1.29 is 18.0 Å². The van der Waals surface area contributed by atoms with Crippen LogP contribution in [0.2, 0.25) is 10.0 Å². The molecular formula is C25H32BrCl2N3O4S. The molecule has 1 N–H and O–H groups in total. The molecule has 0 fully saturated rings. The van der Waals surface area contributed by atoms with Gasteiger partial charge in [-0.15, -0.1) is 0 Å². The van der Waals surface area contributed by atoms with Crippen molar-refractivity contribution in [1.82, 2.24) is 10.2 Å². The van der Waals surface area contributed by atoms with Gasteiger partial charge in [0, 0.05) is 32.7 Å². The van der Waals surface area contributed by atoms with Crippen LogP contribution in [0.1, 0.15) is 44.7 Å². The van der Waals surface area contributed by atoms with E-state index in [9.17, 15) is 18.0 Å². The zero-order valence-corrected chi connectivity index (χ0v) is 24.9. The van der Waals surface area contributed by atoms with Gasteiger partial charge in [0.1, 0.15) is 12.6 Å². The first kappa shape index (κ1) is 30.4. The predicted octanol–water partition coefficient (Wildman–Crippen LogP) is 5.55. The van der Waals surface area contributed by atoms with Gasteiger partial charge in [-0.25, -0.2) is 8.42 Å². The van der Waals surface area contributed by atoms with Crippen LogP contribution in [0, 0.1) is 6.92 Å². The van der Waals surface area contributed by atoms with Crippen molar-refractivity contribution in [3.8, 4) is 0 Å². The highest BCUT2D eigenvalue weighted by Crippen LogP contribution is 2.28. The van der Waals surface area contributed by atoms with E-state index in [2.05, 4.69) is 21.2 Å². The minimum atomic E-state index is -3.82. The van der Waals surface area contributed by atoms with Gasteiger partial charge in [-0.3, -0.25) is 13.9 Å². The third kappa shape index (κ3) is 7.84. The Morgan fingerprint density at radius 3 is 2.19 bits per heavy atom. The fraction of sp³-hybridized carbons (Fsp3) is 0.440. The number of hydrogen-bond donors (Lipinski definition) is 1. The van der Waals surface area contributed by atoms with Crippen LogP contribution in [0.4, 0.5) is 5.69 Å². The Hall–Kier alpha value is -1.81. The summed E-state index contributed by atoms with van der Waals surface area (Å²) in [6.07, 6.45) is 2.07. The normalized spacial score (nSPS) is 13.1. The molecule has 0 aliphatic carbocycles. The summed E-state index contributed by atoms with van der Waals surface area (Å²) in [5.74, 6) is -0.878. The SMILES string of the molecule is CCC(C)NC(=O)C(CC)N(Cc1c(Cl)cccc1Cl)C(=O)CN(c1ccc(Br)c(C)c1)S(C)(=O)=O. The molecule has 0 bridgehead atoms. The Bertz CT molecular complexity index is 1190. The second-order valence-corrected chi connectivity index (χ2v) is 12.2. The fourth-order valence-electron chi connectivity index (χ4n) is 3.61. The van der Waals surface area contributed by atoms with E-state index in [1.54, 1.807) is 43.3 Å². The Kier molecular flexibility index (Phi) is 11.1. The standard InChI is InChI=1S/C25H32BrCl2N3O4S/c1-6-17(4)29-25(33)23(7-2)30(14-19-21(27)9-8-10-22(19)28)24(32)15-31(36(5,34)35)18-11-12-20(26)16(3)13-18/h8-13,17,23H,6-7,14-15H2,1-5H3,(H,29,33). The first-order chi connectivity index (χ1) is 16.8. The molecule has 7 nitrogen and oxygen atoms in total. The molecule has 36 heavy (non-hydrogen) atoms. The average Bonchev–Trinajstić information content (AvgIpc) is 2.80. The van der Waals surface area contributed by atoms with Crippen LogP contribution >= 0.6 is 39.1 Å². The molecule has 0 saturated carbocycles. The summed E-state index contributed by atoms with van der Waals surface area (Å²) in [5, 5.41) is 3.62. The third-order valence-electron chi connectivity index (χ3n) is 5.89. The number of anilines is 1. The number of nitrogens with one attached hydrogen (secondary N) is 1. The minimum absolute atomic E-state index is 0.0548. The first-order valence-electron chi connectivity index (χ1n) is 11.6. The largest absolute Gasteiger partial charge is 0.352 e. The number of halogens is 3. The lowest BCUT2D eigenvalue weighted by Gasteiger charge is -2.33. The van der Waals surface area contributed by atoms with Crippen LogP contribution in [0.5, 0.6) is 0 Å². The van der Waals surface area contributed by atoms with E-state index in [1.807, 2.05) is 20.8 Å². The highest BCUT2D eigenvalue weighted by molar-refractivity contribution is 9.10. The fourth-order valence-corrected chi connectivity index (χ4v) is 5.22. The number of nitrogens with zero attached hydrogens (tertiary/aromatic N) is 2. The van der Waals surface area contributed by atoms with Crippen LogP contribution in [0.25, 0.3) is 0 Å². The molecule has 2 aromatic rings. The van der Waals surface area contributed by atoms with E-state index >= 15 is 0 Å². The van der Waals surface area contributed by atoms with Crippen molar-refractivity contribution in [3.63, 3.8) is 0 Å². The third-order valence-corrected chi connectivity index (χ3v) is 8.62. The molecule has 0 saturated heterocycles. The molecule has 2 aromatic carbocycles. The molecule has 0 heterocycles. The van der Waals surface area contributed by atoms with Crippen molar-refractivity contribution in [1.29, 1.82) is 0 Å². The van der Waals surface area contributed by atoms with E-state index in [-0.39, 0.29) is 18.5 Å². The van der Waals surface area contributed by atoms with Crippen LogP contribution in [0.3, 0.4) is 0 Å². The van der Waals surface area contributed by atoms with Gasteiger partial charge in [0.2, 0.25) is 21.8 Å². The lowest BCUT2D eigenvalue weighted by Crippen LogP contribution is -2.53. The maximum absolute atomic E-state index is 13.8. The highest BCUT2D eigenvalue weighted by Gasteiger charge is 2.33. The number of rotatable bonds is 11. The molecule has 0 aliphatic heterocycles. The van der Waals surface area contributed by atoms with Gasteiger partial charge in [-0.2, -0.15) is 0 Å².